The van der Waals surface area contributed by atoms with Crippen molar-refractivity contribution < 1.29 is 22.8 Å². The van der Waals surface area contributed by atoms with E-state index in [9.17, 15) is 13.6 Å². The normalized spacial score (nSPS) is 21.2. The largest absolute Gasteiger partial charge is 0.472 e. The number of hydrogen-bond donors (Lipinski definition) is 1. The Bertz CT molecular complexity index is 946. The number of pyridine rings is 1. The quantitative estimate of drug-likeness (QED) is 0.593. The third-order valence-corrected chi connectivity index (χ3v) is 6.72. The van der Waals surface area contributed by atoms with Crippen LogP contribution in [0.5, 0.6) is 5.88 Å². The fraction of sp³-hybridized carbons (Fsp3) is 0.667. The molecule has 1 saturated carbocycles. The average Bonchev–Trinajstić information content (AvgIpc) is 3.11. The Balaban J connectivity index is 1.15. The summed E-state index contributed by atoms with van der Waals surface area (Å²) in [7, 11) is 0. The van der Waals surface area contributed by atoms with Crippen molar-refractivity contribution in [3.63, 3.8) is 0 Å². The molecule has 1 aliphatic heterocycles. The number of fused-ring (bicyclic) bond motifs is 1. The van der Waals surface area contributed by atoms with Gasteiger partial charge in [0.1, 0.15) is 0 Å². The van der Waals surface area contributed by atoms with Gasteiger partial charge in [-0.15, -0.1) is 0 Å². The Hall–Kier alpha value is -2.62. The standard InChI is InChI=1S/C24H33F2N5O3/c1-16-27-22(30-34-16)14-23(32)28-19-5-2-17(3-6-19)8-11-31-12-9-18-4-7-24(33-15-21(25)26)29-20(18)10-13-31/h4,7,17,19,21H,2-3,5-6,8-15H2,1H3,(H,28,32). The van der Waals surface area contributed by atoms with Gasteiger partial charge in [0.25, 0.3) is 6.43 Å². The summed E-state index contributed by atoms with van der Waals surface area (Å²) in [5.41, 5.74) is 2.14. The number of aryl methyl sites for hydroxylation is 1. The third kappa shape index (κ3) is 7.19. The third-order valence-electron chi connectivity index (χ3n) is 6.72. The minimum atomic E-state index is -2.50. The second-order valence-corrected chi connectivity index (χ2v) is 9.28. The van der Waals surface area contributed by atoms with Crippen molar-refractivity contribution in [2.24, 2.45) is 5.92 Å². The van der Waals surface area contributed by atoms with E-state index in [1.165, 1.54) is 5.56 Å². The molecule has 0 saturated heterocycles. The van der Waals surface area contributed by atoms with Gasteiger partial charge >= 0.3 is 0 Å². The van der Waals surface area contributed by atoms with Gasteiger partial charge in [-0.1, -0.05) is 11.2 Å². The Morgan fingerprint density at radius 3 is 2.74 bits per heavy atom. The highest BCUT2D eigenvalue weighted by molar-refractivity contribution is 5.78. The van der Waals surface area contributed by atoms with Crippen molar-refractivity contribution in [3.05, 3.63) is 35.1 Å². The van der Waals surface area contributed by atoms with Gasteiger partial charge in [0.05, 0.1) is 6.42 Å². The van der Waals surface area contributed by atoms with E-state index < -0.39 is 13.0 Å². The Morgan fingerprint density at radius 1 is 1.21 bits per heavy atom. The van der Waals surface area contributed by atoms with E-state index in [1.54, 1.807) is 13.0 Å². The first kappa shape index (κ1) is 24.5. The number of aromatic nitrogens is 3. The zero-order chi connectivity index (χ0) is 23.9. The lowest BCUT2D eigenvalue weighted by Gasteiger charge is -2.30. The molecule has 3 heterocycles. The first-order valence-electron chi connectivity index (χ1n) is 12.1. The molecule has 0 bridgehead atoms. The van der Waals surface area contributed by atoms with Crippen LogP contribution in [0.2, 0.25) is 0 Å². The van der Waals surface area contributed by atoms with Gasteiger partial charge < -0.3 is 19.5 Å². The van der Waals surface area contributed by atoms with Gasteiger partial charge in [0, 0.05) is 44.2 Å². The highest BCUT2D eigenvalue weighted by Gasteiger charge is 2.24. The lowest BCUT2D eigenvalue weighted by molar-refractivity contribution is -0.121. The van der Waals surface area contributed by atoms with Gasteiger partial charge in [-0.3, -0.25) is 4.79 Å². The van der Waals surface area contributed by atoms with Crippen LogP contribution >= 0.6 is 0 Å². The Labute approximate surface area is 198 Å². The van der Waals surface area contributed by atoms with E-state index >= 15 is 0 Å². The van der Waals surface area contributed by atoms with Crippen LogP contribution in [0.4, 0.5) is 8.78 Å². The molecule has 1 N–H and O–H groups in total. The molecule has 1 amide bonds. The van der Waals surface area contributed by atoms with Gasteiger partial charge in [-0.05, 0) is 56.6 Å². The van der Waals surface area contributed by atoms with E-state index in [0.29, 0.717) is 17.6 Å². The van der Waals surface area contributed by atoms with Gasteiger partial charge in [-0.25, -0.2) is 13.8 Å². The second kappa shape index (κ2) is 11.7. The predicted molar refractivity (Wildman–Crippen MR) is 121 cm³/mol. The summed E-state index contributed by atoms with van der Waals surface area (Å²) < 4.78 is 34.8. The fourth-order valence-electron chi connectivity index (χ4n) is 4.86. The molecule has 0 radical (unpaired) electrons. The van der Waals surface area contributed by atoms with Crippen LogP contribution in [0.1, 0.15) is 55.1 Å². The summed E-state index contributed by atoms with van der Waals surface area (Å²) in [4.78, 5) is 23.2. The first-order chi connectivity index (χ1) is 16.4. The molecule has 0 spiro atoms. The van der Waals surface area contributed by atoms with Crippen LogP contribution in [0, 0.1) is 12.8 Å². The molecule has 8 nitrogen and oxygen atoms in total. The van der Waals surface area contributed by atoms with Crippen LogP contribution in [0.15, 0.2) is 16.7 Å². The summed E-state index contributed by atoms with van der Waals surface area (Å²) in [6.45, 7) is 4.03. The maximum atomic E-state index is 12.4. The molecule has 2 aliphatic rings. The molecule has 2 aromatic heterocycles. The molecular weight excluding hydrogens is 444 g/mol. The summed E-state index contributed by atoms with van der Waals surface area (Å²) in [6.07, 6.45) is 4.76. The number of ether oxygens (including phenoxy) is 1. The number of rotatable bonds is 9. The lowest BCUT2D eigenvalue weighted by atomic mass is 9.84. The number of halogens is 2. The summed E-state index contributed by atoms with van der Waals surface area (Å²) in [5, 5.41) is 6.89. The topological polar surface area (TPSA) is 93.4 Å². The minimum Gasteiger partial charge on any atom is -0.472 e. The molecule has 10 heteroatoms. The predicted octanol–water partition coefficient (Wildman–Crippen LogP) is 3.13. The number of alkyl halides is 2. The number of amides is 1. The van der Waals surface area contributed by atoms with Crippen molar-refractivity contribution >= 4 is 5.91 Å². The van der Waals surface area contributed by atoms with Crippen molar-refractivity contribution in [1.82, 2.24) is 25.3 Å². The zero-order valence-electron chi connectivity index (χ0n) is 19.6. The van der Waals surface area contributed by atoms with Crippen molar-refractivity contribution in [2.75, 3.05) is 26.2 Å². The molecule has 4 rings (SSSR count). The van der Waals surface area contributed by atoms with Crippen molar-refractivity contribution in [2.45, 2.75) is 70.8 Å². The summed E-state index contributed by atoms with van der Waals surface area (Å²) in [5.74, 6) is 1.80. The molecule has 0 aromatic carbocycles. The van der Waals surface area contributed by atoms with E-state index in [1.807, 2.05) is 6.07 Å². The molecule has 1 fully saturated rings. The maximum absolute atomic E-state index is 12.4. The van der Waals surface area contributed by atoms with Crippen LogP contribution in [0.3, 0.4) is 0 Å². The summed E-state index contributed by atoms with van der Waals surface area (Å²) >= 11 is 0. The highest BCUT2D eigenvalue weighted by Crippen LogP contribution is 2.28. The molecule has 0 atom stereocenters. The first-order valence-corrected chi connectivity index (χ1v) is 12.1. The SMILES string of the molecule is Cc1nc(CC(=O)NC2CCC(CCN3CCc4ccc(OCC(F)F)nc4CC3)CC2)no1. The molecule has 1 aliphatic carbocycles. The number of carbonyl (C=O) groups is 1. The Kier molecular flexibility index (Phi) is 8.42. The minimum absolute atomic E-state index is 0.0512. The zero-order valence-corrected chi connectivity index (χ0v) is 19.6. The van der Waals surface area contributed by atoms with Crippen molar-refractivity contribution in [1.29, 1.82) is 0 Å². The number of nitrogens with zero attached hydrogens (tertiary/aromatic N) is 4. The molecule has 2 aromatic rings. The van der Waals surface area contributed by atoms with E-state index in [4.69, 9.17) is 9.26 Å². The number of carbonyl (C=O) groups excluding carboxylic acids is 1. The van der Waals surface area contributed by atoms with E-state index in [-0.39, 0.29) is 24.2 Å². The Morgan fingerprint density at radius 2 is 2.00 bits per heavy atom. The second-order valence-electron chi connectivity index (χ2n) is 9.28. The number of nitrogens with one attached hydrogen (secondary N) is 1. The monoisotopic (exact) mass is 477 g/mol. The fourth-order valence-corrected chi connectivity index (χ4v) is 4.86. The van der Waals surface area contributed by atoms with E-state index in [0.717, 1.165) is 70.3 Å². The van der Waals surface area contributed by atoms with Gasteiger partial charge in [0.2, 0.25) is 17.7 Å². The van der Waals surface area contributed by atoms with Gasteiger partial charge in [0.15, 0.2) is 12.4 Å². The van der Waals surface area contributed by atoms with Crippen LogP contribution < -0.4 is 10.1 Å². The van der Waals surface area contributed by atoms with Crippen LogP contribution in [0.25, 0.3) is 0 Å². The molecule has 0 unspecified atom stereocenters. The van der Waals surface area contributed by atoms with E-state index in [2.05, 4.69) is 25.3 Å². The maximum Gasteiger partial charge on any atom is 0.272 e. The van der Waals surface area contributed by atoms with Crippen molar-refractivity contribution in [3.8, 4) is 5.88 Å². The van der Waals surface area contributed by atoms with Crippen LogP contribution in [-0.4, -0.2) is 64.6 Å². The lowest BCUT2D eigenvalue weighted by Crippen LogP contribution is -2.39. The van der Waals surface area contributed by atoms with Gasteiger partial charge in [-0.2, -0.15) is 4.98 Å². The highest BCUT2D eigenvalue weighted by atomic mass is 19.3. The summed E-state index contributed by atoms with van der Waals surface area (Å²) in [6, 6.07) is 3.87. The molecule has 34 heavy (non-hydrogen) atoms. The smallest absolute Gasteiger partial charge is 0.272 e. The molecular formula is C24H33F2N5O3. The van der Waals surface area contributed by atoms with Crippen LogP contribution in [-0.2, 0) is 24.1 Å². The average molecular weight is 478 g/mol. The molecule has 186 valence electrons. The number of hydrogen-bond acceptors (Lipinski definition) is 7.